The molecule has 0 aliphatic heterocycles. The molecule has 0 bridgehead atoms. The van der Waals surface area contributed by atoms with E-state index >= 15 is 0 Å². The Bertz CT molecular complexity index is 672. The molecule has 0 fully saturated rings. The summed E-state index contributed by atoms with van der Waals surface area (Å²) in [4.78, 5) is 16.4. The summed E-state index contributed by atoms with van der Waals surface area (Å²) >= 11 is 1.42. The van der Waals surface area contributed by atoms with Gasteiger partial charge in [-0.1, -0.05) is 39.0 Å². The van der Waals surface area contributed by atoms with Crippen molar-refractivity contribution in [3.05, 3.63) is 16.4 Å². The van der Waals surface area contributed by atoms with E-state index in [1.54, 1.807) is 0 Å². The molecule has 2 aromatic rings. The zero-order chi connectivity index (χ0) is 17.7. The highest BCUT2D eigenvalue weighted by molar-refractivity contribution is 7.19. The van der Waals surface area contributed by atoms with Gasteiger partial charge in [-0.05, 0) is 39.4 Å². The largest absolute Gasteiger partial charge is 0.351 e. The van der Waals surface area contributed by atoms with E-state index in [0.717, 1.165) is 60.4 Å². The number of hydrogen-bond donors (Lipinski definition) is 1. The van der Waals surface area contributed by atoms with Crippen molar-refractivity contribution in [2.45, 2.75) is 53.4 Å². The van der Waals surface area contributed by atoms with Gasteiger partial charge in [-0.15, -0.1) is 10.2 Å². The maximum absolute atomic E-state index is 12.5. The Balaban J connectivity index is 1.91. The van der Waals surface area contributed by atoms with Crippen LogP contribution in [0.2, 0.25) is 0 Å². The third kappa shape index (κ3) is 4.13. The van der Waals surface area contributed by atoms with Crippen molar-refractivity contribution in [3.63, 3.8) is 0 Å². The molecule has 0 aromatic carbocycles. The quantitative estimate of drug-likeness (QED) is 0.705. The first kappa shape index (κ1) is 18.9. The second-order valence-corrected chi connectivity index (χ2v) is 7.31. The van der Waals surface area contributed by atoms with E-state index < -0.39 is 0 Å². The van der Waals surface area contributed by atoms with Gasteiger partial charge >= 0.3 is 0 Å². The fraction of sp³-hybridized carbons (Fsp3) is 0.706. The molecule has 0 radical (unpaired) electrons. The van der Waals surface area contributed by atoms with Crippen molar-refractivity contribution < 1.29 is 4.79 Å². The number of rotatable bonds is 9. The van der Waals surface area contributed by atoms with Crippen LogP contribution in [0.3, 0.4) is 0 Å². The molecule has 2 aromatic heterocycles. The summed E-state index contributed by atoms with van der Waals surface area (Å²) in [5.41, 5.74) is 0.935. The van der Waals surface area contributed by atoms with Crippen LogP contribution in [0, 0.1) is 6.92 Å². The Morgan fingerprint density at radius 1 is 1.25 bits per heavy atom. The Morgan fingerprint density at radius 3 is 2.58 bits per heavy atom. The van der Waals surface area contributed by atoms with Crippen molar-refractivity contribution in [2.24, 2.45) is 0 Å². The molecule has 0 unspecified atom stereocenters. The predicted molar refractivity (Wildman–Crippen MR) is 99.0 cm³/mol. The van der Waals surface area contributed by atoms with E-state index in [2.05, 4.69) is 48.1 Å². The van der Waals surface area contributed by atoms with E-state index in [0.29, 0.717) is 0 Å². The van der Waals surface area contributed by atoms with Crippen molar-refractivity contribution in [2.75, 3.05) is 26.2 Å². The third-order valence-electron chi connectivity index (χ3n) is 4.32. The maximum atomic E-state index is 12.5. The van der Waals surface area contributed by atoms with Gasteiger partial charge in [0.15, 0.2) is 0 Å². The molecule has 0 saturated heterocycles. The first-order chi connectivity index (χ1) is 11.5. The standard InChI is InChI=1S/C17H29N5OS/c1-6-21(7-2)11-9-8-10-18-16(23)14-13(5)22-15(12(3)4)19-20-17(22)24-14/h12H,6-11H2,1-5H3,(H,18,23). The number of fused-ring (bicyclic) bond motifs is 1. The highest BCUT2D eigenvalue weighted by Gasteiger charge is 2.20. The molecule has 24 heavy (non-hydrogen) atoms. The SMILES string of the molecule is CCN(CC)CCCCNC(=O)c1sc2nnc(C(C)C)n2c1C. The van der Waals surface area contributed by atoms with Gasteiger partial charge in [-0.25, -0.2) is 0 Å². The van der Waals surface area contributed by atoms with Crippen molar-refractivity contribution in [1.29, 1.82) is 0 Å². The minimum atomic E-state index is 0.000505. The predicted octanol–water partition coefficient (Wildman–Crippen LogP) is 3.07. The summed E-state index contributed by atoms with van der Waals surface area (Å²) in [7, 11) is 0. The van der Waals surface area contributed by atoms with Crippen molar-refractivity contribution in [1.82, 2.24) is 24.8 Å². The van der Waals surface area contributed by atoms with Crippen LogP contribution < -0.4 is 5.32 Å². The number of thiazole rings is 1. The Hall–Kier alpha value is -1.47. The number of aromatic nitrogens is 3. The average Bonchev–Trinajstić information content (AvgIpc) is 3.11. The molecule has 0 spiro atoms. The normalized spacial score (nSPS) is 11.8. The maximum Gasteiger partial charge on any atom is 0.263 e. The summed E-state index contributed by atoms with van der Waals surface area (Å²) in [6.45, 7) is 14.5. The van der Waals surface area contributed by atoms with Gasteiger partial charge in [0.2, 0.25) is 4.96 Å². The molecule has 0 aliphatic carbocycles. The van der Waals surface area contributed by atoms with Crippen LogP contribution in [0.1, 0.15) is 67.6 Å². The molecule has 0 aliphatic rings. The Labute approximate surface area is 148 Å². The van der Waals surface area contributed by atoms with Crippen LogP contribution in [0.15, 0.2) is 0 Å². The monoisotopic (exact) mass is 351 g/mol. The van der Waals surface area contributed by atoms with Gasteiger partial charge in [0.25, 0.3) is 5.91 Å². The van der Waals surface area contributed by atoms with E-state index in [-0.39, 0.29) is 11.8 Å². The topological polar surface area (TPSA) is 62.5 Å². The van der Waals surface area contributed by atoms with Gasteiger partial charge in [0.05, 0.1) is 0 Å². The Morgan fingerprint density at radius 2 is 1.96 bits per heavy atom. The lowest BCUT2D eigenvalue weighted by Crippen LogP contribution is -2.27. The molecule has 1 N–H and O–H groups in total. The summed E-state index contributed by atoms with van der Waals surface area (Å²) in [5, 5.41) is 11.5. The summed E-state index contributed by atoms with van der Waals surface area (Å²) in [5.74, 6) is 1.20. The van der Waals surface area contributed by atoms with Crippen LogP contribution >= 0.6 is 11.3 Å². The molecule has 7 heteroatoms. The second kappa shape index (κ2) is 8.58. The van der Waals surface area contributed by atoms with Crippen LogP contribution in [0.4, 0.5) is 0 Å². The van der Waals surface area contributed by atoms with Gasteiger partial charge in [0, 0.05) is 18.2 Å². The van der Waals surface area contributed by atoms with Gasteiger partial charge in [0.1, 0.15) is 10.7 Å². The number of nitrogens with one attached hydrogen (secondary N) is 1. The van der Waals surface area contributed by atoms with E-state index in [9.17, 15) is 4.79 Å². The number of hydrogen-bond acceptors (Lipinski definition) is 5. The van der Waals surface area contributed by atoms with Crippen LogP contribution in [0.25, 0.3) is 4.96 Å². The number of nitrogens with zero attached hydrogens (tertiary/aromatic N) is 4. The summed E-state index contributed by atoms with van der Waals surface area (Å²) < 4.78 is 2.00. The smallest absolute Gasteiger partial charge is 0.263 e. The molecule has 2 heterocycles. The fourth-order valence-corrected chi connectivity index (χ4v) is 3.79. The fourth-order valence-electron chi connectivity index (χ4n) is 2.80. The van der Waals surface area contributed by atoms with E-state index in [1.165, 1.54) is 11.3 Å². The summed E-state index contributed by atoms with van der Waals surface area (Å²) in [6.07, 6.45) is 2.11. The van der Waals surface area contributed by atoms with Crippen LogP contribution in [0.5, 0.6) is 0 Å². The second-order valence-electron chi connectivity index (χ2n) is 6.34. The summed E-state index contributed by atoms with van der Waals surface area (Å²) in [6, 6.07) is 0. The van der Waals surface area contributed by atoms with Gasteiger partial charge < -0.3 is 10.2 Å². The van der Waals surface area contributed by atoms with E-state index in [1.807, 2.05) is 11.3 Å². The lowest BCUT2D eigenvalue weighted by Gasteiger charge is -2.17. The van der Waals surface area contributed by atoms with Crippen molar-refractivity contribution in [3.8, 4) is 0 Å². The molecule has 6 nitrogen and oxygen atoms in total. The molecule has 2 rings (SSSR count). The lowest BCUT2D eigenvalue weighted by atomic mass is 10.2. The molecule has 134 valence electrons. The molecule has 0 saturated carbocycles. The zero-order valence-corrected chi connectivity index (χ0v) is 16.2. The first-order valence-electron chi connectivity index (χ1n) is 8.84. The van der Waals surface area contributed by atoms with Crippen molar-refractivity contribution >= 4 is 22.2 Å². The molecular formula is C17H29N5OS. The number of carbonyl (C=O) groups is 1. The molecule has 1 amide bonds. The number of unbranched alkanes of at least 4 members (excludes halogenated alkanes) is 1. The van der Waals surface area contributed by atoms with Gasteiger partial charge in [-0.2, -0.15) is 0 Å². The molecule has 0 atom stereocenters. The van der Waals surface area contributed by atoms with Crippen LogP contribution in [-0.2, 0) is 0 Å². The Kier molecular flexibility index (Phi) is 6.74. The molecular weight excluding hydrogens is 322 g/mol. The average molecular weight is 352 g/mol. The van der Waals surface area contributed by atoms with Crippen LogP contribution in [-0.4, -0.2) is 51.6 Å². The first-order valence-corrected chi connectivity index (χ1v) is 9.66. The highest BCUT2D eigenvalue weighted by atomic mass is 32.1. The number of carbonyl (C=O) groups excluding carboxylic acids is 1. The van der Waals surface area contributed by atoms with Gasteiger partial charge in [-0.3, -0.25) is 9.20 Å². The third-order valence-corrected chi connectivity index (χ3v) is 5.45. The number of aryl methyl sites for hydroxylation is 1. The highest BCUT2D eigenvalue weighted by Crippen LogP contribution is 2.25. The minimum absolute atomic E-state index is 0.000505. The minimum Gasteiger partial charge on any atom is -0.351 e. The zero-order valence-electron chi connectivity index (χ0n) is 15.4. The number of amides is 1. The van der Waals surface area contributed by atoms with E-state index in [4.69, 9.17) is 0 Å². The lowest BCUT2D eigenvalue weighted by molar-refractivity contribution is 0.0955.